The van der Waals surface area contributed by atoms with Crippen LogP contribution < -0.4 is 0 Å². The van der Waals surface area contributed by atoms with Gasteiger partial charge in [-0.3, -0.25) is 0 Å². The molecule has 1 aliphatic heterocycles. The first-order valence-corrected chi connectivity index (χ1v) is 6.62. The highest BCUT2D eigenvalue weighted by atomic mass is 35.5. The molecule has 3 nitrogen and oxygen atoms in total. The van der Waals surface area contributed by atoms with Gasteiger partial charge in [0.25, 0.3) is 0 Å². The van der Waals surface area contributed by atoms with Crippen LogP contribution in [0.1, 0.15) is 12.0 Å². The average molecular weight is 292 g/mol. The number of aromatic nitrogens is 1. The van der Waals surface area contributed by atoms with Crippen molar-refractivity contribution in [2.75, 3.05) is 0 Å². The maximum atomic E-state index is 5.95. The third-order valence-corrected chi connectivity index (χ3v) is 3.51. The fourth-order valence-electron chi connectivity index (χ4n) is 2.24. The fraction of sp³-hybridized carbons (Fsp3) is 0.143. The number of fused-ring (bicyclic) bond motifs is 1. The zero-order valence-corrected chi connectivity index (χ0v) is 11.8. The molecule has 0 saturated carbocycles. The summed E-state index contributed by atoms with van der Waals surface area (Å²) in [6.07, 6.45) is 4.49. The molecule has 5 heteroatoms. The molecule has 0 saturated heterocycles. The Bertz CT molecular complexity index is 738. The van der Waals surface area contributed by atoms with E-state index < -0.39 is 0 Å². The Morgan fingerprint density at radius 3 is 2.79 bits per heavy atom. The predicted octanol–water partition coefficient (Wildman–Crippen LogP) is 4.05. The number of aryl methyl sites for hydroxylation is 1. The summed E-state index contributed by atoms with van der Waals surface area (Å²) in [6.45, 7) is 0. The molecule has 1 aromatic carbocycles. The highest BCUT2D eigenvalue weighted by Crippen LogP contribution is 2.24. The first kappa shape index (κ1) is 12.5. The number of hydrogen-bond donors (Lipinski definition) is 0. The molecule has 96 valence electrons. The van der Waals surface area contributed by atoms with Crippen LogP contribution in [0.15, 0.2) is 51.7 Å². The molecule has 19 heavy (non-hydrogen) atoms. The smallest absolute Gasteiger partial charge is 0.224 e. The second-order valence-corrected chi connectivity index (χ2v) is 5.07. The van der Waals surface area contributed by atoms with Gasteiger partial charge in [-0.05, 0) is 23.7 Å². The monoisotopic (exact) mass is 291 g/mol. The van der Waals surface area contributed by atoms with E-state index in [4.69, 9.17) is 23.2 Å². The summed E-state index contributed by atoms with van der Waals surface area (Å²) in [5, 5.41) is 1.70. The lowest BCUT2D eigenvalue weighted by Gasteiger charge is -2.00. The quantitative estimate of drug-likeness (QED) is 0.710. The van der Waals surface area contributed by atoms with Crippen molar-refractivity contribution in [2.24, 2.45) is 17.0 Å². The van der Waals surface area contributed by atoms with Crippen molar-refractivity contribution < 1.29 is 0 Å². The molecule has 2 aromatic rings. The minimum atomic E-state index is 0.168. The second kappa shape index (κ2) is 4.83. The standard InChI is InChI=1S/C14H11Cl2N3/c1-19-8-10(9-4-2-3-5-12(9)19)11-6-7-13(15)18-14(16)17-11/h2-5,7-8H,6H2,1H3. The Hall–Kier alpha value is -1.58. The third-order valence-electron chi connectivity index (χ3n) is 3.10. The van der Waals surface area contributed by atoms with Crippen LogP contribution in [-0.2, 0) is 7.05 Å². The van der Waals surface area contributed by atoms with Crippen molar-refractivity contribution in [3.8, 4) is 0 Å². The van der Waals surface area contributed by atoms with E-state index in [1.165, 1.54) is 0 Å². The van der Waals surface area contributed by atoms with Gasteiger partial charge in [0.1, 0.15) is 5.16 Å². The summed E-state index contributed by atoms with van der Waals surface area (Å²) in [7, 11) is 2.02. The number of nitrogens with zero attached hydrogens (tertiary/aromatic N) is 3. The third kappa shape index (κ3) is 2.31. The molecule has 0 amide bonds. The summed E-state index contributed by atoms with van der Waals surface area (Å²) in [5.74, 6) is 0. The van der Waals surface area contributed by atoms with Crippen LogP contribution in [0.4, 0.5) is 0 Å². The molecule has 0 aliphatic carbocycles. The number of rotatable bonds is 1. The van der Waals surface area contributed by atoms with E-state index in [2.05, 4.69) is 32.9 Å². The van der Waals surface area contributed by atoms with Crippen LogP contribution in [0.5, 0.6) is 0 Å². The summed E-state index contributed by atoms with van der Waals surface area (Å²) in [6, 6.07) is 8.19. The molecule has 0 unspecified atom stereocenters. The Morgan fingerprint density at radius 1 is 1.16 bits per heavy atom. The zero-order valence-electron chi connectivity index (χ0n) is 10.3. The van der Waals surface area contributed by atoms with Gasteiger partial charge in [-0.1, -0.05) is 29.8 Å². The summed E-state index contributed by atoms with van der Waals surface area (Å²) >= 11 is 11.9. The number of amidine groups is 1. The van der Waals surface area contributed by atoms with Crippen LogP contribution in [0.25, 0.3) is 10.9 Å². The van der Waals surface area contributed by atoms with Gasteiger partial charge >= 0.3 is 0 Å². The Kier molecular flexibility index (Phi) is 3.17. The van der Waals surface area contributed by atoms with Crippen molar-refractivity contribution in [2.45, 2.75) is 6.42 Å². The number of aliphatic imine (C=N–C) groups is 2. The lowest BCUT2D eigenvalue weighted by atomic mass is 10.1. The van der Waals surface area contributed by atoms with Crippen LogP contribution in [0.3, 0.4) is 0 Å². The molecule has 0 spiro atoms. The van der Waals surface area contributed by atoms with Gasteiger partial charge in [0.05, 0.1) is 5.71 Å². The molecular formula is C14H11Cl2N3. The number of benzene rings is 1. The first-order chi connectivity index (χ1) is 9.15. The average Bonchev–Trinajstić information content (AvgIpc) is 2.62. The van der Waals surface area contributed by atoms with Crippen molar-refractivity contribution in [1.82, 2.24) is 4.57 Å². The minimum absolute atomic E-state index is 0.168. The maximum Gasteiger partial charge on any atom is 0.224 e. The van der Waals surface area contributed by atoms with Gasteiger partial charge in [-0.2, -0.15) is 0 Å². The normalized spacial score (nSPS) is 15.8. The van der Waals surface area contributed by atoms with Gasteiger partial charge in [0.15, 0.2) is 0 Å². The highest BCUT2D eigenvalue weighted by molar-refractivity contribution is 6.66. The first-order valence-electron chi connectivity index (χ1n) is 5.87. The molecule has 0 fully saturated rings. The van der Waals surface area contributed by atoms with Crippen LogP contribution >= 0.6 is 23.2 Å². The lowest BCUT2D eigenvalue weighted by Crippen LogP contribution is -2.00. The van der Waals surface area contributed by atoms with Crippen molar-refractivity contribution in [3.05, 3.63) is 47.3 Å². The molecule has 0 N–H and O–H groups in total. The predicted molar refractivity (Wildman–Crippen MR) is 81.3 cm³/mol. The fourth-order valence-corrected chi connectivity index (χ4v) is 2.63. The molecule has 1 aromatic heterocycles. The van der Waals surface area contributed by atoms with Gasteiger partial charge in [0.2, 0.25) is 5.29 Å². The van der Waals surface area contributed by atoms with Crippen LogP contribution in [0, 0.1) is 0 Å². The van der Waals surface area contributed by atoms with E-state index in [-0.39, 0.29) is 5.29 Å². The van der Waals surface area contributed by atoms with Crippen LogP contribution in [0.2, 0.25) is 0 Å². The highest BCUT2D eigenvalue weighted by Gasteiger charge is 2.13. The molecule has 0 radical (unpaired) electrons. The Balaban J connectivity index is 2.18. The molecule has 1 aliphatic rings. The lowest BCUT2D eigenvalue weighted by molar-refractivity contribution is 0.967. The maximum absolute atomic E-state index is 5.95. The largest absolute Gasteiger partial charge is 0.350 e. The summed E-state index contributed by atoms with van der Waals surface area (Å²) in [4.78, 5) is 8.30. The van der Waals surface area contributed by atoms with Gasteiger partial charge < -0.3 is 4.57 Å². The molecule has 3 rings (SSSR count). The molecule has 2 heterocycles. The number of halogens is 2. The van der Waals surface area contributed by atoms with Gasteiger partial charge in [-0.25, -0.2) is 9.98 Å². The van der Waals surface area contributed by atoms with E-state index >= 15 is 0 Å². The van der Waals surface area contributed by atoms with E-state index in [1.807, 2.05) is 25.3 Å². The second-order valence-electron chi connectivity index (χ2n) is 4.34. The van der Waals surface area contributed by atoms with Gasteiger partial charge in [-0.15, -0.1) is 0 Å². The SMILES string of the molecule is Cn1cc(C2=NC(Cl)=NC(Cl)=CC2)c2ccccc21. The number of hydrogen-bond acceptors (Lipinski definition) is 2. The van der Waals surface area contributed by atoms with Crippen LogP contribution in [-0.4, -0.2) is 15.6 Å². The van der Waals surface area contributed by atoms with E-state index in [1.54, 1.807) is 0 Å². The van der Waals surface area contributed by atoms with Crippen molar-refractivity contribution >= 4 is 45.1 Å². The van der Waals surface area contributed by atoms with E-state index in [0.717, 1.165) is 22.2 Å². The van der Waals surface area contributed by atoms with Crippen molar-refractivity contribution in [3.63, 3.8) is 0 Å². The summed E-state index contributed by atoms with van der Waals surface area (Å²) in [5.41, 5.74) is 3.10. The number of allylic oxidation sites excluding steroid dienone is 1. The Morgan fingerprint density at radius 2 is 1.95 bits per heavy atom. The Labute approximate surface area is 120 Å². The molecule has 0 bridgehead atoms. The van der Waals surface area contributed by atoms with Crippen molar-refractivity contribution in [1.29, 1.82) is 0 Å². The minimum Gasteiger partial charge on any atom is -0.350 e. The topological polar surface area (TPSA) is 29.6 Å². The van der Waals surface area contributed by atoms with Gasteiger partial charge in [0, 0.05) is 36.1 Å². The van der Waals surface area contributed by atoms with E-state index in [9.17, 15) is 0 Å². The van der Waals surface area contributed by atoms with E-state index in [0.29, 0.717) is 11.6 Å². The molecular weight excluding hydrogens is 281 g/mol. The summed E-state index contributed by atoms with van der Waals surface area (Å²) < 4.78 is 2.08. The zero-order chi connectivity index (χ0) is 13.4. The number of para-hydroxylation sites is 1. The molecule has 0 atom stereocenters.